The van der Waals surface area contributed by atoms with Crippen LogP contribution in [0, 0.1) is 5.41 Å². The van der Waals surface area contributed by atoms with E-state index in [2.05, 4.69) is 30.1 Å². The Balaban J connectivity index is 1.84. The molecule has 1 aliphatic heterocycles. The summed E-state index contributed by atoms with van der Waals surface area (Å²) in [6.07, 6.45) is 3.58. The largest absolute Gasteiger partial charge is 0.334 e. The lowest BCUT2D eigenvalue weighted by molar-refractivity contribution is 0.0647. The quantitative estimate of drug-likeness (QED) is 0.816. The number of carbonyl (C=O) groups excluding carboxylic acids is 1. The van der Waals surface area contributed by atoms with Crippen molar-refractivity contribution < 1.29 is 4.79 Å². The fraction of sp³-hybridized carbons (Fsp3) is 0.611. The van der Waals surface area contributed by atoms with E-state index in [0.717, 1.165) is 42.3 Å². The molecule has 1 saturated carbocycles. The average molecular weight is 318 g/mol. The summed E-state index contributed by atoms with van der Waals surface area (Å²) < 4.78 is 0. The molecule has 120 valence electrons. The summed E-state index contributed by atoms with van der Waals surface area (Å²) in [7, 11) is 0. The van der Waals surface area contributed by atoms with Gasteiger partial charge in [-0.2, -0.15) is 0 Å². The van der Waals surface area contributed by atoms with Crippen LogP contribution in [0.3, 0.4) is 0 Å². The van der Waals surface area contributed by atoms with E-state index in [1.54, 1.807) is 11.8 Å². The molecule has 0 radical (unpaired) electrons. The lowest BCUT2D eigenvalue weighted by Gasteiger charge is -2.32. The van der Waals surface area contributed by atoms with Crippen LogP contribution in [0.15, 0.2) is 29.2 Å². The van der Waals surface area contributed by atoms with Crippen LogP contribution in [-0.4, -0.2) is 42.2 Å². The Hall–Kier alpha value is -1.00. The number of nitrogens with one attached hydrogen (secondary N) is 1. The number of hydrogen-bond donors (Lipinski definition) is 1. The summed E-state index contributed by atoms with van der Waals surface area (Å²) in [5.41, 5.74) is 1.23. The molecule has 1 N–H and O–H groups in total. The van der Waals surface area contributed by atoms with Crippen LogP contribution in [0.25, 0.3) is 0 Å². The highest BCUT2D eigenvalue weighted by Gasteiger charge is 2.42. The molecule has 22 heavy (non-hydrogen) atoms. The molecule has 1 amide bonds. The highest BCUT2D eigenvalue weighted by molar-refractivity contribution is 7.99. The van der Waals surface area contributed by atoms with E-state index >= 15 is 0 Å². The first-order valence-corrected chi connectivity index (χ1v) is 9.35. The molecule has 1 atom stereocenters. The summed E-state index contributed by atoms with van der Waals surface area (Å²) >= 11 is 1.76. The van der Waals surface area contributed by atoms with Gasteiger partial charge in [-0.25, -0.2) is 0 Å². The Bertz CT molecular complexity index is 536. The van der Waals surface area contributed by atoms with Gasteiger partial charge in [-0.3, -0.25) is 4.79 Å². The van der Waals surface area contributed by atoms with Crippen LogP contribution in [0.1, 0.15) is 43.5 Å². The Morgan fingerprint density at radius 3 is 2.82 bits per heavy atom. The molecular weight excluding hydrogens is 292 g/mol. The van der Waals surface area contributed by atoms with Crippen molar-refractivity contribution in [1.82, 2.24) is 10.2 Å². The number of nitrogens with zero attached hydrogens (tertiary/aromatic N) is 1. The maximum Gasteiger partial charge on any atom is 0.255 e. The molecule has 1 aromatic rings. The molecule has 0 aromatic heterocycles. The summed E-state index contributed by atoms with van der Waals surface area (Å²) in [6.45, 7) is 7.31. The van der Waals surface area contributed by atoms with E-state index in [4.69, 9.17) is 0 Å². The van der Waals surface area contributed by atoms with Crippen LogP contribution in [0.2, 0.25) is 0 Å². The average Bonchev–Trinajstić information content (AvgIpc) is 3.03. The van der Waals surface area contributed by atoms with Crippen molar-refractivity contribution in [2.24, 2.45) is 5.41 Å². The summed E-state index contributed by atoms with van der Waals surface area (Å²) in [6, 6.07) is 8.43. The van der Waals surface area contributed by atoms with E-state index in [1.165, 1.54) is 12.8 Å². The van der Waals surface area contributed by atoms with Gasteiger partial charge in [0.1, 0.15) is 0 Å². The lowest BCUT2D eigenvalue weighted by Crippen LogP contribution is -2.44. The molecule has 2 fully saturated rings. The van der Waals surface area contributed by atoms with Crippen molar-refractivity contribution in [3.8, 4) is 0 Å². The summed E-state index contributed by atoms with van der Waals surface area (Å²) in [5, 5.41) is 3.41. The first kappa shape index (κ1) is 15.9. The zero-order valence-corrected chi connectivity index (χ0v) is 14.4. The van der Waals surface area contributed by atoms with E-state index < -0.39 is 0 Å². The fourth-order valence-electron chi connectivity index (χ4n) is 3.13. The van der Waals surface area contributed by atoms with Gasteiger partial charge in [0.05, 0.1) is 5.56 Å². The van der Waals surface area contributed by atoms with Gasteiger partial charge in [0, 0.05) is 24.0 Å². The third-order valence-electron chi connectivity index (χ3n) is 4.81. The molecule has 1 saturated heterocycles. The van der Waals surface area contributed by atoms with Gasteiger partial charge in [0.2, 0.25) is 0 Å². The zero-order valence-electron chi connectivity index (χ0n) is 13.6. The molecule has 0 bridgehead atoms. The zero-order chi connectivity index (χ0) is 15.6. The number of rotatable bonds is 6. The second-order valence-corrected chi connectivity index (χ2v) is 8.13. The van der Waals surface area contributed by atoms with Gasteiger partial charge >= 0.3 is 0 Å². The lowest BCUT2D eigenvalue weighted by atomic mass is 10.1. The molecule has 0 unspecified atom stereocenters. The first-order valence-electron chi connectivity index (χ1n) is 8.36. The van der Waals surface area contributed by atoms with Gasteiger partial charge in [0.25, 0.3) is 5.91 Å². The topological polar surface area (TPSA) is 32.3 Å². The Morgan fingerprint density at radius 2 is 2.18 bits per heavy atom. The maximum atomic E-state index is 13.2. The molecule has 2 aliphatic rings. The van der Waals surface area contributed by atoms with E-state index in [0.29, 0.717) is 11.5 Å². The second kappa shape index (κ2) is 6.63. The van der Waals surface area contributed by atoms with Gasteiger partial charge in [-0.05, 0) is 49.1 Å². The number of carbonyl (C=O) groups is 1. The Kier molecular flexibility index (Phi) is 4.79. The normalized spacial score (nSPS) is 22.5. The molecule has 1 heterocycles. The van der Waals surface area contributed by atoms with Crippen molar-refractivity contribution in [3.63, 3.8) is 0 Å². The van der Waals surface area contributed by atoms with Crippen molar-refractivity contribution in [1.29, 1.82) is 0 Å². The van der Waals surface area contributed by atoms with Gasteiger partial charge < -0.3 is 10.2 Å². The molecular formula is C18H26N2OS. The van der Waals surface area contributed by atoms with Crippen LogP contribution >= 0.6 is 11.8 Å². The Morgan fingerprint density at radius 1 is 1.41 bits per heavy atom. The molecule has 4 heteroatoms. The van der Waals surface area contributed by atoms with Gasteiger partial charge in [0.15, 0.2) is 0 Å². The third-order valence-corrected chi connectivity index (χ3v) is 5.76. The highest BCUT2D eigenvalue weighted by atomic mass is 32.2. The van der Waals surface area contributed by atoms with Crippen LogP contribution in [-0.2, 0) is 0 Å². The molecule has 1 aromatic carbocycles. The first-order chi connectivity index (χ1) is 10.6. The number of thioether (sulfide) groups is 1. The van der Waals surface area contributed by atoms with E-state index in [9.17, 15) is 4.79 Å². The minimum atomic E-state index is 0.221. The van der Waals surface area contributed by atoms with Crippen LogP contribution in [0.5, 0.6) is 0 Å². The summed E-state index contributed by atoms with van der Waals surface area (Å²) in [5.74, 6) is 1.21. The SMILES string of the molecule is CCSc1ccccc1C(=O)N(CC1(C)CC1)[C@H]1CCNC1. The van der Waals surface area contributed by atoms with Crippen LogP contribution in [0.4, 0.5) is 0 Å². The van der Waals surface area contributed by atoms with E-state index in [1.807, 2.05) is 18.2 Å². The third kappa shape index (κ3) is 3.49. The van der Waals surface area contributed by atoms with Crippen molar-refractivity contribution in [2.45, 2.75) is 44.0 Å². The molecule has 3 rings (SSSR count). The molecule has 0 spiro atoms. The number of amides is 1. The maximum absolute atomic E-state index is 13.2. The predicted molar refractivity (Wildman–Crippen MR) is 92.5 cm³/mol. The van der Waals surface area contributed by atoms with Crippen molar-refractivity contribution in [3.05, 3.63) is 29.8 Å². The summed E-state index contributed by atoms with van der Waals surface area (Å²) in [4.78, 5) is 16.5. The molecule has 1 aliphatic carbocycles. The van der Waals surface area contributed by atoms with Crippen LogP contribution < -0.4 is 5.32 Å². The number of hydrogen-bond acceptors (Lipinski definition) is 3. The van der Waals surface area contributed by atoms with Gasteiger partial charge in [-0.15, -0.1) is 11.8 Å². The second-order valence-electron chi connectivity index (χ2n) is 6.82. The van der Waals surface area contributed by atoms with E-state index in [-0.39, 0.29) is 5.91 Å². The number of benzene rings is 1. The van der Waals surface area contributed by atoms with Crippen molar-refractivity contribution in [2.75, 3.05) is 25.4 Å². The predicted octanol–water partition coefficient (Wildman–Crippen LogP) is 3.40. The smallest absolute Gasteiger partial charge is 0.255 e. The molecule has 3 nitrogen and oxygen atoms in total. The Labute approximate surface area is 137 Å². The standard InChI is InChI=1S/C18H26N2OS/c1-3-22-16-7-5-4-6-15(16)17(21)20(13-18(2)9-10-18)14-8-11-19-12-14/h4-7,14,19H,3,8-13H2,1-2H3/t14-/m0/s1. The minimum Gasteiger partial charge on any atom is -0.334 e. The fourth-order valence-corrected chi connectivity index (χ4v) is 3.93. The minimum absolute atomic E-state index is 0.221. The highest BCUT2D eigenvalue weighted by Crippen LogP contribution is 2.46. The van der Waals surface area contributed by atoms with Gasteiger partial charge in [-0.1, -0.05) is 26.0 Å². The monoisotopic (exact) mass is 318 g/mol. The van der Waals surface area contributed by atoms with Crippen molar-refractivity contribution >= 4 is 17.7 Å².